The fourth-order valence-electron chi connectivity index (χ4n) is 1.84. The molecule has 0 aliphatic rings. The van der Waals surface area contributed by atoms with Crippen LogP contribution in [0.25, 0.3) is 0 Å². The molecule has 0 radical (unpaired) electrons. The molecule has 112 valence electrons. The molecule has 0 saturated carbocycles. The minimum absolute atomic E-state index is 0.0200. The van der Waals surface area contributed by atoms with Crippen LogP contribution in [0.3, 0.4) is 0 Å². The van der Waals surface area contributed by atoms with Gasteiger partial charge in [-0.15, -0.1) is 0 Å². The first-order valence-electron chi connectivity index (χ1n) is 7.18. The topological polar surface area (TPSA) is 50.4 Å². The highest BCUT2D eigenvalue weighted by Crippen LogP contribution is 2.18. The number of amides is 1. The molecule has 1 amide bonds. The van der Waals surface area contributed by atoms with Gasteiger partial charge in [0.15, 0.2) is 0 Å². The van der Waals surface area contributed by atoms with E-state index in [0.29, 0.717) is 6.54 Å². The van der Waals surface area contributed by atoms with Crippen LogP contribution in [0.4, 0.5) is 0 Å². The number of rotatable bonds is 7. The molecule has 0 aliphatic heterocycles. The average Bonchev–Trinajstić information content (AvgIpc) is 2.35. The molecule has 0 spiro atoms. The van der Waals surface area contributed by atoms with Crippen molar-refractivity contribution >= 4 is 5.91 Å². The van der Waals surface area contributed by atoms with Crippen molar-refractivity contribution in [2.75, 3.05) is 6.54 Å². The zero-order valence-corrected chi connectivity index (χ0v) is 13.1. The lowest BCUT2D eigenvalue weighted by Crippen LogP contribution is -2.38. The van der Waals surface area contributed by atoms with Gasteiger partial charge in [0.1, 0.15) is 5.75 Å². The van der Waals surface area contributed by atoms with Crippen molar-refractivity contribution in [1.29, 1.82) is 0 Å². The molecular formula is C16H26N2O2. The molecule has 1 rings (SSSR count). The van der Waals surface area contributed by atoms with Gasteiger partial charge in [0.25, 0.3) is 0 Å². The van der Waals surface area contributed by atoms with Gasteiger partial charge in [-0.25, -0.2) is 0 Å². The monoisotopic (exact) mass is 278 g/mol. The SMILES string of the molecule is CC(C)NC(=O)CNC(C)c1ccc(OC(C)C)cc1. The molecule has 0 fully saturated rings. The van der Waals surface area contributed by atoms with Crippen molar-refractivity contribution in [3.63, 3.8) is 0 Å². The smallest absolute Gasteiger partial charge is 0.234 e. The van der Waals surface area contributed by atoms with E-state index in [1.165, 1.54) is 0 Å². The van der Waals surface area contributed by atoms with Crippen molar-refractivity contribution in [2.24, 2.45) is 0 Å². The number of carbonyl (C=O) groups is 1. The van der Waals surface area contributed by atoms with E-state index in [9.17, 15) is 4.79 Å². The van der Waals surface area contributed by atoms with Crippen LogP contribution in [-0.2, 0) is 4.79 Å². The molecule has 0 heterocycles. The van der Waals surface area contributed by atoms with E-state index in [0.717, 1.165) is 11.3 Å². The minimum Gasteiger partial charge on any atom is -0.491 e. The van der Waals surface area contributed by atoms with Crippen LogP contribution in [0.15, 0.2) is 24.3 Å². The van der Waals surface area contributed by atoms with Crippen LogP contribution >= 0.6 is 0 Å². The Morgan fingerprint density at radius 2 is 1.70 bits per heavy atom. The highest BCUT2D eigenvalue weighted by Gasteiger charge is 2.08. The van der Waals surface area contributed by atoms with Gasteiger partial charge in [-0.1, -0.05) is 12.1 Å². The van der Waals surface area contributed by atoms with Crippen molar-refractivity contribution in [2.45, 2.75) is 52.8 Å². The van der Waals surface area contributed by atoms with E-state index in [1.807, 2.05) is 58.9 Å². The second-order valence-electron chi connectivity index (χ2n) is 5.56. The van der Waals surface area contributed by atoms with Crippen molar-refractivity contribution in [3.8, 4) is 5.75 Å². The Morgan fingerprint density at radius 1 is 1.10 bits per heavy atom. The number of benzene rings is 1. The number of hydrogen-bond donors (Lipinski definition) is 2. The first kappa shape index (κ1) is 16.5. The molecule has 0 aromatic heterocycles. The second kappa shape index (κ2) is 7.90. The Balaban J connectivity index is 2.47. The molecule has 1 unspecified atom stereocenters. The Bertz CT molecular complexity index is 413. The summed E-state index contributed by atoms with van der Waals surface area (Å²) in [6.45, 7) is 10.3. The maximum absolute atomic E-state index is 11.6. The number of hydrogen-bond acceptors (Lipinski definition) is 3. The fraction of sp³-hybridized carbons (Fsp3) is 0.562. The average molecular weight is 278 g/mol. The summed E-state index contributed by atoms with van der Waals surface area (Å²) < 4.78 is 5.61. The Morgan fingerprint density at radius 3 is 2.20 bits per heavy atom. The third-order valence-corrected chi connectivity index (χ3v) is 2.77. The van der Waals surface area contributed by atoms with Crippen LogP contribution in [0, 0.1) is 0 Å². The van der Waals surface area contributed by atoms with E-state index in [1.54, 1.807) is 0 Å². The Hall–Kier alpha value is -1.55. The standard InChI is InChI=1S/C16H26N2O2/c1-11(2)18-16(19)10-17-13(5)14-6-8-15(9-7-14)20-12(3)4/h6-9,11-13,17H,10H2,1-5H3,(H,18,19). The molecule has 20 heavy (non-hydrogen) atoms. The summed E-state index contributed by atoms with van der Waals surface area (Å²) in [5.41, 5.74) is 1.14. The van der Waals surface area contributed by atoms with Gasteiger partial charge in [-0.05, 0) is 52.3 Å². The van der Waals surface area contributed by atoms with E-state index in [-0.39, 0.29) is 24.1 Å². The molecule has 1 atom stereocenters. The maximum Gasteiger partial charge on any atom is 0.234 e. The lowest BCUT2D eigenvalue weighted by atomic mass is 10.1. The summed E-state index contributed by atoms with van der Waals surface area (Å²) in [5.74, 6) is 0.889. The van der Waals surface area contributed by atoms with Crippen LogP contribution < -0.4 is 15.4 Å². The summed E-state index contributed by atoms with van der Waals surface area (Å²) in [6.07, 6.45) is 0.177. The van der Waals surface area contributed by atoms with Crippen LogP contribution in [0.1, 0.15) is 46.2 Å². The third-order valence-electron chi connectivity index (χ3n) is 2.77. The quantitative estimate of drug-likeness (QED) is 0.806. The van der Waals surface area contributed by atoms with Crippen molar-refractivity contribution in [1.82, 2.24) is 10.6 Å². The first-order chi connectivity index (χ1) is 9.38. The molecule has 0 saturated heterocycles. The molecule has 0 aliphatic carbocycles. The normalized spacial score (nSPS) is 12.6. The van der Waals surface area contributed by atoms with Crippen molar-refractivity contribution in [3.05, 3.63) is 29.8 Å². The van der Waals surface area contributed by atoms with Crippen LogP contribution in [0.5, 0.6) is 5.75 Å². The second-order valence-corrected chi connectivity index (χ2v) is 5.56. The summed E-state index contributed by atoms with van der Waals surface area (Å²) in [6, 6.07) is 8.27. The first-order valence-corrected chi connectivity index (χ1v) is 7.18. The van der Waals surface area contributed by atoms with Crippen molar-refractivity contribution < 1.29 is 9.53 Å². The van der Waals surface area contributed by atoms with Gasteiger partial charge in [0.05, 0.1) is 12.6 Å². The van der Waals surface area contributed by atoms with E-state index < -0.39 is 0 Å². The molecule has 2 N–H and O–H groups in total. The van der Waals surface area contributed by atoms with Gasteiger partial charge < -0.3 is 15.4 Å². The van der Waals surface area contributed by atoms with Gasteiger partial charge >= 0.3 is 0 Å². The summed E-state index contributed by atoms with van der Waals surface area (Å²) in [5, 5.41) is 6.07. The highest BCUT2D eigenvalue weighted by atomic mass is 16.5. The van der Waals surface area contributed by atoms with Gasteiger partial charge in [-0.2, -0.15) is 0 Å². The van der Waals surface area contributed by atoms with Gasteiger partial charge in [0.2, 0.25) is 5.91 Å². The van der Waals surface area contributed by atoms with E-state index in [4.69, 9.17) is 4.74 Å². The molecule has 4 nitrogen and oxygen atoms in total. The summed E-state index contributed by atoms with van der Waals surface area (Å²) in [4.78, 5) is 11.6. The number of ether oxygens (including phenoxy) is 1. The predicted molar refractivity (Wildman–Crippen MR) is 81.9 cm³/mol. The molecular weight excluding hydrogens is 252 g/mol. The molecule has 0 bridgehead atoms. The Kier molecular flexibility index (Phi) is 6.52. The van der Waals surface area contributed by atoms with E-state index >= 15 is 0 Å². The van der Waals surface area contributed by atoms with Gasteiger partial charge in [0, 0.05) is 12.1 Å². The van der Waals surface area contributed by atoms with Crippen LogP contribution in [-0.4, -0.2) is 24.6 Å². The Labute approximate surface area is 121 Å². The number of carbonyl (C=O) groups excluding carboxylic acids is 1. The molecule has 1 aromatic carbocycles. The third kappa shape index (κ3) is 6.06. The summed E-state index contributed by atoms with van der Waals surface area (Å²) in [7, 11) is 0. The lowest BCUT2D eigenvalue weighted by Gasteiger charge is -2.16. The van der Waals surface area contributed by atoms with E-state index in [2.05, 4.69) is 10.6 Å². The maximum atomic E-state index is 11.6. The highest BCUT2D eigenvalue weighted by molar-refractivity contribution is 5.78. The zero-order chi connectivity index (χ0) is 15.1. The van der Waals surface area contributed by atoms with Gasteiger partial charge in [-0.3, -0.25) is 4.79 Å². The fourth-order valence-corrected chi connectivity index (χ4v) is 1.84. The predicted octanol–water partition coefficient (Wildman–Crippen LogP) is 2.65. The lowest BCUT2D eigenvalue weighted by molar-refractivity contribution is -0.120. The zero-order valence-electron chi connectivity index (χ0n) is 13.1. The number of nitrogens with one attached hydrogen (secondary N) is 2. The largest absolute Gasteiger partial charge is 0.491 e. The summed E-state index contributed by atoms with van der Waals surface area (Å²) >= 11 is 0. The van der Waals surface area contributed by atoms with Crippen LogP contribution in [0.2, 0.25) is 0 Å². The minimum atomic E-state index is 0.0200. The molecule has 1 aromatic rings. The molecule has 4 heteroatoms.